The SMILES string of the molecule is CCC[C@H]1CN(C(=O)CCC(=O)c2ccc(F)cc2)C[C@@H]1N. The molecule has 1 amide bonds. The second kappa shape index (κ2) is 7.49. The van der Waals surface area contributed by atoms with Gasteiger partial charge in [-0.05, 0) is 36.6 Å². The summed E-state index contributed by atoms with van der Waals surface area (Å²) in [6.07, 6.45) is 2.42. The van der Waals surface area contributed by atoms with Gasteiger partial charge in [0.1, 0.15) is 5.82 Å². The molecule has 0 unspecified atom stereocenters. The van der Waals surface area contributed by atoms with Crippen molar-refractivity contribution in [2.24, 2.45) is 11.7 Å². The van der Waals surface area contributed by atoms with E-state index in [4.69, 9.17) is 5.73 Å². The minimum Gasteiger partial charge on any atom is -0.341 e. The summed E-state index contributed by atoms with van der Waals surface area (Å²) in [5, 5.41) is 0. The number of nitrogens with two attached hydrogens (primary N) is 1. The van der Waals surface area contributed by atoms with Crippen LogP contribution in [0.1, 0.15) is 43.0 Å². The Bertz CT molecular complexity index is 530. The molecule has 1 aliphatic heterocycles. The number of carbonyl (C=O) groups is 2. The minimum atomic E-state index is -0.374. The van der Waals surface area contributed by atoms with Crippen LogP contribution in [0.15, 0.2) is 24.3 Å². The molecule has 0 bridgehead atoms. The van der Waals surface area contributed by atoms with Gasteiger partial charge in [0.15, 0.2) is 5.78 Å². The van der Waals surface area contributed by atoms with Crippen molar-refractivity contribution in [2.45, 2.75) is 38.6 Å². The Morgan fingerprint density at radius 3 is 2.55 bits per heavy atom. The molecule has 0 saturated carbocycles. The van der Waals surface area contributed by atoms with Gasteiger partial charge in [0.25, 0.3) is 0 Å². The van der Waals surface area contributed by atoms with E-state index in [0.29, 0.717) is 24.6 Å². The first-order valence-electron chi connectivity index (χ1n) is 7.83. The van der Waals surface area contributed by atoms with E-state index < -0.39 is 0 Å². The molecule has 0 spiro atoms. The van der Waals surface area contributed by atoms with Crippen LogP contribution in [0.3, 0.4) is 0 Å². The molecule has 2 N–H and O–H groups in total. The summed E-state index contributed by atoms with van der Waals surface area (Å²) in [5.41, 5.74) is 6.50. The van der Waals surface area contributed by atoms with E-state index in [1.54, 1.807) is 4.90 Å². The lowest BCUT2D eigenvalue weighted by atomic mass is 9.99. The highest BCUT2D eigenvalue weighted by molar-refractivity contribution is 5.97. The van der Waals surface area contributed by atoms with Crippen molar-refractivity contribution in [3.63, 3.8) is 0 Å². The highest BCUT2D eigenvalue weighted by Gasteiger charge is 2.31. The number of hydrogen-bond acceptors (Lipinski definition) is 3. The van der Waals surface area contributed by atoms with Crippen LogP contribution in [-0.2, 0) is 4.79 Å². The molecule has 1 aliphatic rings. The molecule has 1 heterocycles. The Balaban J connectivity index is 1.83. The van der Waals surface area contributed by atoms with Gasteiger partial charge in [0, 0.05) is 37.5 Å². The molecule has 1 aromatic carbocycles. The maximum absolute atomic E-state index is 12.8. The topological polar surface area (TPSA) is 63.4 Å². The quantitative estimate of drug-likeness (QED) is 0.821. The highest BCUT2D eigenvalue weighted by Crippen LogP contribution is 2.21. The van der Waals surface area contributed by atoms with Crippen molar-refractivity contribution in [3.8, 4) is 0 Å². The molecule has 5 heteroatoms. The fourth-order valence-corrected chi connectivity index (χ4v) is 2.94. The van der Waals surface area contributed by atoms with E-state index in [1.165, 1.54) is 24.3 Å². The van der Waals surface area contributed by atoms with E-state index in [1.807, 2.05) is 0 Å². The number of benzene rings is 1. The van der Waals surface area contributed by atoms with Gasteiger partial charge in [-0.1, -0.05) is 13.3 Å². The minimum absolute atomic E-state index is 0.0236. The van der Waals surface area contributed by atoms with E-state index in [9.17, 15) is 14.0 Å². The Morgan fingerprint density at radius 1 is 1.23 bits per heavy atom. The van der Waals surface area contributed by atoms with Crippen molar-refractivity contribution in [2.75, 3.05) is 13.1 Å². The smallest absolute Gasteiger partial charge is 0.223 e. The lowest BCUT2D eigenvalue weighted by molar-refractivity contribution is -0.130. The molecule has 120 valence electrons. The molecular formula is C17H23FN2O2. The summed E-state index contributed by atoms with van der Waals surface area (Å²) >= 11 is 0. The van der Waals surface area contributed by atoms with Gasteiger partial charge < -0.3 is 10.6 Å². The summed E-state index contributed by atoms with van der Waals surface area (Å²) in [6.45, 7) is 3.38. The fourth-order valence-electron chi connectivity index (χ4n) is 2.94. The number of halogens is 1. The van der Waals surface area contributed by atoms with Gasteiger partial charge in [0.2, 0.25) is 5.91 Å². The summed E-state index contributed by atoms with van der Waals surface area (Å²) in [7, 11) is 0. The molecule has 0 aromatic heterocycles. The Kier molecular flexibility index (Phi) is 5.66. The summed E-state index contributed by atoms with van der Waals surface area (Å²) in [4.78, 5) is 25.9. The first kappa shape index (κ1) is 16.6. The van der Waals surface area contributed by atoms with Crippen LogP contribution >= 0.6 is 0 Å². The van der Waals surface area contributed by atoms with E-state index in [2.05, 4.69) is 6.92 Å². The molecular weight excluding hydrogens is 283 g/mol. The average Bonchev–Trinajstić information content (AvgIpc) is 2.87. The van der Waals surface area contributed by atoms with Crippen LogP contribution in [0, 0.1) is 11.7 Å². The maximum atomic E-state index is 12.8. The number of carbonyl (C=O) groups excluding carboxylic acids is 2. The van der Waals surface area contributed by atoms with Gasteiger partial charge >= 0.3 is 0 Å². The van der Waals surface area contributed by atoms with Crippen LogP contribution in [0.25, 0.3) is 0 Å². The molecule has 2 atom stereocenters. The normalized spacial score (nSPS) is 21.1. The number of ketones is 1. The van der Waals surface area contributed by atoms with Gasteiger partial charge in [-0.25, -0.2) is 4.39 Å². The predicted octanol–water partition coefficient (Wildman–Crippen LogP) is 2.37. The van der Waals surface area contributed by atoms with Gasteiger partial charge in [-0.15, -0.1) is 0 Å². The number of amides is 1. The zero-order valence-corrected chi connectivity index (χ0v) is 12.9. The van der Waals surface area contributed by atoms with Crippen molar-refractivity contribution in [1.29, 1.82) is 0 Å². The summed E-state index contributed by atoms with van der Waals surface area (Å²) in [6, 6.07) is 5.45. The lowest BCUT2D eigenvalue weighted by Gasteiger charge is -2.16. The van der Waals surface area contributed by atoms with Crippen LogP contribution in [0.2, 0.25) is 0 Å². The van der Waals surface area contributed by atoms with Crippen molar-refractivity contribution < 1.29 is 14.0 Å². The molecule has 2 rings (SSSR count). The summed E-state index contributed by atoms with van der Waals surface area (Å²) in [5.74, 6) is -0.172. The Hall–Kier alpha value is -1.75. The average molecular weight is 306 g/mol. The van der Waals surface area contributed by atoms with Crippen LogP contribution in [0.4, 0.5) is 4.39 Å². The number of nitrogens with zero attached hydrogens (tertiary/aromatic N) is 1. The van der Waals surface area contributed by atoms with Crippen LogP contribution in [0.5, 0.6) is 0 Å². The Morgan fingerprint density at radius 2 is 1.91 bits per heavy atom. The molecule has 1 fully saturated rings. The third kappa shape index (κ3) is 4.13. The van der Waals surface area contributed by atoms with E-state index >= 15 is 0 Å². The molecule has 4 nitrogen and oxygen atoms in total. The van der Waals surface area contributed by atoms with Gasteiger partial charge in [-0.3, -0.25) is 9.59 Å². The first-order valence-corrected chi connectivity index (χ1v) is 7.83. The van der Waals surface area contributed by atoms with Crippen LogP contribution in [-0.4, -0.2) is 35.7 Å². The van der Waals surface area contributed by atoms with Crippen molar-refractivity contribution >= 4 is 11.7 Å². The third-order valence-corrected chi connectivity index (χ3v) is 4.24. The van der Waals surface area contributed by atoms with Crippen molar-refractivity contribution in [1.82, 2.24) is 4.90 Å². The number of hydrogen-bond donors (Lipinski definition) is 1. The van der Waals surface area contributed by atoms with E-state index in [-0.39, 0.29) is 36.4 Å². The molecule has 22 heavy (non-hydrogen) atoms. The predicted molar refractivity (Wildman–Crippen MR) is 82.9 cm³/mol. The second-order valence-corrected chi connectivity index (χ2v) is 5.94. The number of likely N-dealkylation sites (tertiary alicyclic amines) is 1. The highest BCUT2D eigenvalue weighted by atomic mass is 19.1. The van der Waals surface area contributed by atoms with Crippen molar-refractivity contribution in [3.05, 3.63) is 35.6 Å². The molecule has 1 aromatic rings. The van der Waals surface area contributed by atoms with Crippen LogP contribution < -0.4 is 5.73 Å². The Labute approximate surface area is 130 Å². The zero-order valence-electron chi connectivity index (χ0n) is 12.9. The zero-order chi connectivity index (χ0) is 16.1. The van der Waals surface area contributed by atoms with Gasteiger partial charge in [-0.2, -0.15) is 0 Å². The number of Topliss-reactive ketones (excluding diaryl/α,β-unsaturated/α-hetero) is 1. The molecule has 0 radical (unpaired) electrons. The monoisotopic (exact) mass is 306 g/mol. The number of rotatable bonds is 6. The third-order valence-electron chi connectivity index (χ3n) is 4.24. The van der Waals surface area contributed by atoms with Gasteiger partial charge in [0.05, 0.1) is 0 Å². The fraction of sp³-hybridized carbons (Fsp3) is 0.529. The maximum Gasteiger partial charge on any atom is 0.223 e. The standard InChI is InChI=1S/C17H23FN2O2/c1-2-3-13-10-20(11-15(13)19)17(22)9-8-16(21)12-4-6-14(18)7-5-12/h4-7,13,15H,2-3,8-11,19H2,1H3/t13-,15-/m0/s1. The summed E-state index contributed by atoms with van der Waals surface area (Å²) < 4.78 is 12.8. The molecule has 1 saturated heterocycles. The van der Waals surface area contributed by atoms with E-state index in [0.717, 1.165) is 12.8 Å². The first-order chi connectivity index (χ1) is 10.5. The molecule has 0 aliphatic carbocycles. The lowest BCUT2D eigenvalue weighted by Crippen LogP contribution is -2.32. The second-order valence-electron chi connectivity index (χ2n) is 5.94. The largest absolute Gasteiger partial charge is 0.341 e.